The van der Waals surface area contributed by atoms with Crippen LogP contribution in [0.3, 0.4) is 0 Å². The normalized spacial score (nSPS) is 23.5. The van der Waals surface area contributed by atoms with Gasteiger partial charge in [0.15, 0.2) is 5.03 Å². The lowest BCUT2D eigenvalue weighted by molar-refractivity contribution is 0.309. The topological polar surface area (TPSA) is 78.1 Å². The van der Waals surface area contributed by atoms with E-state index >= 15 is 0 Å². The van der Waals surface area contributed by atoms with Crippen LogP contribution in [0.5, 0.6) is 0 Å². The predicted octanol–water partition coefficient (Wildman–Crippen LogP) is -0.299. The second-order valence-corrected chi connectivity index (χ2v) is 5.96. The molecule has 6 nitrogen and oxygen atoms in total. The number of hydrogen-bond acceptors (Lipinski definition) is 4. The maximum absolute atomic E-state index is 12.2. The van der Waals surface area contributed by atoms with Gasteiger partial charge in [0.25, 0.3) is 10.0 Å². The average Bonchev–Trinajstić information content (AvgIpc) is 2.65. The molecule has 0 spiro atoms. The Labute approximate surface area is 95.1 Å². The summed E-state index contributed by atoms with van der Waals surface area (Å²) in [5.74, 6) is 0.613. The lowest BCUT2D eigenvalue weighted by Crippen LogP contribution is -2.51. The molecular weight excluding hydrogens is 228 g/mol. The average molecular weight is 244 g/mol. The quantitative estimate of drug-likeness (QED) is 0.749. The van der Waals surface area contributed by atoms with Gasteiger partial charge in [-0.15, -0.1) is 0 Å². The Kier molecular flexibility index (Phi) is 3.00. The number of piperazine rings is 1. The van der Waals surface area contributed by atoms with E-state index in [1.165, 1.54) is 10.5 Å². The summed E-state index contributed by atoms with van der Waals surface area (Å²) < 4.78 is 25.8. The van der Waals surface area contributed by atoms with Crippen LogP contribution in [0.4, 0.5) is 0 Å². The van der Waals surface area contributed by atoms with Crippen LogP contribution >= 0.6 is 0 Å². The fourth-order valence-electron chi connectivity index (χ4n) is 1.78. The summed E-state index contributed by atoms with van der Waals surface area (Å²) in [4.78, 5) is 6.69. The van der Waals surface area contributed by atoms with Crippen molar-refractivity contribution in [1.82, 2.24) is 19.6 Å². The summed E-state index contributed by atoms with van der Waals surface area (Å²) >= 11 is 0. The summed E-state index contributed by atoms with van der Waals surface area (Å²) in [6, 6.07) is 0.188. The van der Waals surface area contributed by atoms with Crippen LogP contribution in [-0.4, -0.2) is 48.4 Å². The molecule has 7 heteroatoms. The third kappa shape index (κ3) is 2.11. The zero-order valence-electron chi connectivity index (χ0n) is 9.40. The molecule has 2 N–H and O–H groups in total. The van der Waals surface area contributed by atoms with Gasteiger partial charge in [-0.2, -0.15) is 4.31 Å². The monoisotopic (exact) mass is 244 g/mol. The van der Waals surface area contributed by atoms with Gasteiger partial charge in [0.2, 0.25) is 0 Å². The molecular formula is C9H16N4O2S. The van der Waals surface area contributed by atoms with Gasteiger partial charge in [0, 0.05) is 25.7 Å². The van der Waals surface area contributed by atoms with E-state index < -0.39 is 10.0 Å². The molecule has 90 valence electrons. The Balaban J connectivity index is 2.25. The number of imidazole rings is 1. The molecule has 16 heavy (non-hydrogen) atoms. The minimum Gasteiger partial charge on any atom is -0.332 e. The maximum Gasteiger partial charge on any atom is 0.260 e. The van der Waals surface area contributed by atoms with Gasteiger partial charge in [-0.05, 0) is 13.8 Å². The molecule has 1 aliphatic heterocycles. The van der Waals surface area contributed by atoms with E-state index in [0.717, 1.165) is 0 Å². The molecule has 1 atom stereocenters. The highest BCUT2D eigenvalue weighted by molar-refractivity contribution is 7.89. The van der Waals surface area contributed by atoms with Crippen LogP contribution in [0.15, 0.2) is 11.2 Å². The number of aromatic amines is 1. The van der Waals surface area contributed by atoms with Crippen molar-refractivity contribution in [3.63, 3.8) is 0 Å². The van der Waals surface area contributed by atoms with Crippen molar-refractivity contribution in [3.05, 3.63) is 12.0 Å². The molecule has 1 saturated heterocycles. The van der Waals surface area contributed by atoms with Gasteiger partial charge in [-0.3, -0.25) is 0 Å². The van der Waals surface area contributed by atoms with E-state index in [1.54, 1.807) is 6.92 Å². The molecule has 1 aromatic rings. The van der Waals surface area contributed by atoms with Crippen LogP contribution < -0.4 is 5.32 Å². The summed E-state index contributed by atoms with van der Waals surface area (Å²) in [6.07, 6.45) is 1.37. The summed E-state index contributed by atoms with van der Waals surface area (Å²) in [5, 5.41) is 3.39. The third-order valence-electron chi connectivity index (χ3n) is 2.63. The zero-order valence-corrected chi connectivity index (χ0v) is 10.2. The van der Waals surface area contributed by atoms with Crippen molar-refractivity contribution >= 4 is 10.0 Å². The Morgan fingerprint density at radius 2 is 2.31 bits per heavy atom. The maximum atomic E-state index is 12.2. The third-order valence-corrected chi connectivity index (χ3v) is 4.40. The largest absolute Gasteiger partial charge is 0.332 e. The molecule has 0 amide bonds. The molecule has 0 aliphatic carbocycles. The summed E-state index contributed by atoms with van der Waals surface area (Å²) in [6.45, 7) is 5.40. The van der Waals surface area contributed by atoms with E-state index in [4.69, 9.17) is 0 Å². The van der Waals surface area contributed by atoms with E-state index in [1.807, 2.05) is 6.92 Å². The van der Waals surface area contributed by atoms with Gasteiger partial charge in [0.05, 0.1) is 6.20 Å². The second-order valence-electron chi connectivity index (χ2n) is 4.05. The van der Waals surface area contributed by atoms with Crippen LogP contribution in [0.1, 0.15) is 12.7 Å². The van der Waals surface area contributed by atoms with E-state index in [9.17, 15) is 8.42 Å². The van der Waals surface area contributed by atoms with Crippen molar-refractivity contribution < 1.29 is 8.42 Å². The van der Waals surface area contributed by atoms with Gasteiger partial charge < -0.3 is 10.3 Å². The first-order chi connectivity index (χ1) is 7.50. The highest BCUT2D eigenvalue weighted by Gasteiger charge is 2.29. The van der Waals surface area contributed by atoms with Crippen LogP contribution in [0.25, 0.3) is 0 Å². The molecule has 1 aliphatic rings. The number of aromatic nitrogens is 2. The Morgan fingerprint density at radius 3 is 2.88 bits per heavy atom. The second kappa shape index (κ2) is 4.15. The van der Waals surface area contributed by atoms with Crippen molar-refractivity contribution in [1.29, 1.82) is 0 Å². The van der Waals surface area contributed by atoms with Crippen molar-refractivity contribution in [2.45, 2.75) is 24.9 Å². The number of nitrogens with one attached hydrogen (secondary N) is 2. The van der Waals surface area contributed by atoms with Crippen molar-refractivity contribution in [2.24, 2.45) is 0 Å². The summed E-state index contributed by atoms with van der Waals surface area (Å²) in [5.41, 5.74) is 0. The fourth-order valence-corrected chi connectivity index (χ4v) is 3.28. The van der Waals surface area contributed by atoms with Crippen LogP contribution in [0.2, 0.25) is 0 Å². The number of rotatable bonds is 2. The molecule has 1 aromatic heterocycles. The predicted molar refractivity (Wildman–Crippen MR) is 59.5 cm³/mol. The van der Waals surface area contributed by atoms with E-state index in [-0.39, 0.29) is 11.1 Å². The molecule has 2 rings (SSSR count). The molecule has 0 bridgehead atoms. The molecule has 1 fully saturated rings. The lowest BCUT2D eigenvalue weighted by atomic mass is 10.3. The van der Waals surface area contributed by atoms with E-state index in [2.05, 4.69) is 15.3 Å². The Hall–Kier alpha value is -0.920. The number of sulfonamides is 1. The highest BCUT2D eigenvalue weighted by atomic mass is 32.2. The lowest BCUT2D eigenvalue weighted by Gasteiger charge is -2.30. The molecule has 0 radical (unpaired) electrons. The number of nitrogens with zero attached hydrogens (tertiary/aromatic N) is 2. The highest BCUT2D eigenvalue weighted by Crippen LogP contribution is 2.14. The standard InChI is InChI=1S/C9H16N4O2S/c1-7-6-13(4-3-10-7)16(14,15)9-5-11-8(2)12-9/h5,7,10H,3-4,6H2,1-2H3,(H,11,12)/t7-/m1/s1. The first kappa shape index (κ1) is 11.6. The van der Waals surface area contributed by atoms with Crippen molar-refractivity contribution in [2.75, 3.05) is 19.6 Å². The molecule has 0 saturated carbocycles. The first-order valence-corrected chi connectivity index (χ1v) is 6.69. The SMILES string of the molecule is Cc1ncc(S(=O)(=O)N2CCN[C@H](C)C2)[nH]1. The Bertz CT molecular complexity index is 468. The molecule has 0 aromatic carbocycles. The zero-order chi connectivity index (χ0) is 11.8. The summed E-state index contributed by atoms with van der Waals surface area (Å²) in [7, 11) is -3.40. The van der Waals surface area contributed by atoms with Gasteiger partial charge in [-0.1, -0.05) is 0 Å². The minimum absolute atomic E-state index is 0.180. The number of H-pyrrole nitrogens is 1. The molecule has 2 heterocycles. The van der Waals surface area contributed by atoms with Gasteiger partial charge in [0.1, 0.15) is 5.82 Å². The van der Waals surface area contributed by atoms with E-state index in [0.29, 0.717) is 25.5 Å². The number of hydrogen-bond donors (Lipinski definition) is 2. The Morgan fingerprint density at radius 1 is 1.56 bits per heavy atom. The van der Waals surface area contributed by atoms with Crippen LogP contribution in [0, 0.1) is 6.92 Å². The smallest absolute Gasteiger partial charge is 0.260 e. The minimum atomic E-state index is -3.40. The number of aryl methyl sites for hydroxylation is 1. The molecule has 0 unspecified atom stereocenters. The fraction of sp³-hybridized carbons (Fsp3) is 0.667. The van der Waals surface area contributed by atoms with Gasteiger partial charge in [-0.25, -0.2) is 13.4 Å². The van der Waals surface area contributed by atoms with Gasteiger partial charge >= 0.3 is 0 Å². The van der Waals surface area contributed by atoms with Crippen molar-refractivity contribution in [3.8, 4) is 0 Å². The first-order valence-electron chi connectivity index (χ1n) is 5.25. The van der Waals surface area contributed by atoms with Crippen LogP contribution in [-0.2, 0) is 10.0 Å².